The summed E-state index contributed by atoms with van der Waals surface area (Å²) in [5.41, 5.74) is 6.09. The van der Waals surface area contributed by atoms with E-state index in [2.05, 4.69) is 45.5 Å². The fourth-order valence-electron chi connectivity index (χ4n) is 2.82. The fourth-order valence-corrected chi connectivity index (χ4v) is 3.78. The number of rotatable bonds is 4. The number of hydrogen-bond acceptors (Lipinski definition) is 5. The Bertz CT molecular complexity index is 833. The number of benzene rings is 1. The van der Waals surface area contributed by atoms with Crippen LogP contribution in [0.25, 0.3) is 0 Å². The van der Waals surface area contributed by atoms with Gasteiger partial charge < -0.3 is 9.50 Å². The second kappa shape index (κ2) is 8.09. The number of piperazine rings is 1. The largest absolute Gasteiger partial charge is 0.488 e. The van der Waals surface area contributed by atoms with Gasteiger partial charge in [-0.3, -0.25) is 4.90 Å². The highest BCUT2D eigenvalue weighted by atomic mass is 32.3. The van der Waals surface area contributed by atoms with Crippen LogP contribution in [0, 0.1) is 25.3 Å². The van der Waals surface area contributed by atoms with E-state index in [9.17, 15) is 12.3 Å². The van der Waals surface area contributed by atoms with Crippen LogP contribution >= 0.6 is 0 Å². The Hall–Kier alpha value is -1.40. The van der Waals surface area contributed by atoms with Crippen LogP contribution in [0.1, 0.15) is 22.3 Å². The summed E-state index contributed by atoms with van der Waals surface area (Å²) in [6.07, 6.45) is 0. The smallest absolute Gasteiger partial charge is 0.358 e. The SMILES string of the molecule is Cc1c(C#C[Si](C)(C)C)cc(CN2CCNCC2)c(C)c1OS(=O)(=O)F. The minimum absolute atomic E-state index is 0.0556. The molecule has 0 aliphatic carbocycles. The predicted molar refractivity (Wildman–Crippen MR) is 105 cm³/mol. The van der Waals surface area contributed by atoms with Crippen molar-refractivity contribution in [3.63, 3.8) is 0 Å². The summed E-state index contributed by atoms with van der Waals surface area (Å²) < 4.78 is 40.1. The first-order valence-electron chi connectivity index (χ1n) is 8.70. The van der Waals surface area contributed by atoms with Crippen molar-refractivity contribution < 1.29 is 16.5 Å². The lowest BCUT2D eigenvalue weighted by atomic mass is 9.98. The van der Waals surface area contributed by atoms with Crippen molar-refractivity contribution in [1.29, 1.82) is 0 Å². The molecule has 0 aromatic heterocycles. The third kappa shape index (κ3) is 6.09. The summed E-state index contributed by atoms with van der Waals surface area (Å²) >= 11 is 0. The molecule has 2 rings (SSSR count). The molecule has 1 aliphatic rings. The van der Waals surface area contributed by atoms with E-state index in [0.29, 0.717) is 23.2 Å². The Morgan fingerprint density at radius 1 is 1.23 bits per heavy atom. The zero-order chi connectivity index (χ0) is 19.5. The highest BCUT2D eigenvalue weighted by Gasteiger charge is 2.21. The quantitative estimate of drug-likeness (QED) is 0.480. The molecule has 0 amide bonds. The molecule has 0 atom stereocenters. The van der Waals surface area contributed by atoms with Gasteiger partial charge in [-0.25, -0.2) is 0 Å². The lowest BCUT2D eigenvalue weighted by molar-refractivity contribution is 0.232. The third-order valence-electron chi connectivity index (χ3n) is 4.24. The number of hydrogen-bond donors (Lipinski definition) is 1. The molecule has 8 heteroatoms. The average molecular weight is 399 g/mol. The molecule has 5 nitrogen and oxygen atoms in total. The minimum Gasteiger partial charge on any atom is -0.358 e. The van der Waals surface area contributed by atoms with Crippen LogP contribution in [-0.4, -0.2) is 47.6 Å². The van der Waals surface area contributed by atoms with Crippen LogP contribution in [0.3, 0.4) is 0 Å². The topological polar surface area (TPSA) is 58.6 Å². The molecule has 26 heavy (non-hydrogen) atoms. The molecule has 1 aromatic carbocycles. The van der Waals surface area contributed by atoms with Gasteiger partial charge in [-0.2, -0.15) is 8.42 Å². The molecule has 0 radical (unpaired) electrons. The number of nitrogens with one attached hydrogen (secondary N) is 1. The van der Waals surface area contributed by atoms with Crippen LogP contribution in [0.4, 0.5) is 3.89 Å². The van der Waals surface area contributed by atoms with Crippen LogP contribution < -0.4 is 9.50 Å². The lowest BCUT2D eigenvalue weighted by Gasteiger charge is -2.28. The predicted octanol–water partition coefficient (Wildman–Crippen LogP) is 2.53. The Morgan fingerprint density at radius 3 is 2.38 bits per heavy atom. The normalized spacial score (nSPS) is 16.1. The first-order valence-corrected chi connectivity index (χ1v) is 13.5. The molecule has 1 fully saturated rings. The first kappa shape index (κ1) is 20.9. The minimum atomic E-state index is -5.10. The molecule has 1 N–H and O–H groups in total. The van der Waals surface area contributed by atoms with Gasteiger partial charge in [-0.05, 0) is 31.0 Å². The van der Waals surface area contributed by atoms with E-state index < -0.39 is 18.6 Å². The maximum absolute atomic E-state index is 13.2. The molecule has 1 aliphatic heterocycles. The highest BCUT2D eigenvalue weighted by Crippen LogP contribution is 2.31. The first-order chi connectivity index (χ1) is 12.0. The standard InChI is InChI=1S/C18H27FN2O3SSi/c1-14-16(6-11-26(3,4)5)12-17(13-21-9-7-20-8-10-21)15(2)18(14)24-25(19,22)23/h12,20H,7-10,13H2,1-5H3. The van der Waals surface area contributed by atoms with E-state index in [0.717, 1.165) is 31.7 Å². The molecule has 144 valence electrons. The zero-order valence-corrected chi connectivity index (χ0v) is 17.9. The van der Waals surface area contributed by atoms with Crippen molar-refractivity contribution in [2.24, 2.45) is 0 Å². The van der Waals surface area contributed by atoms with Gasteiger partial charge in [0, 0.05) is 43.9 Å². The molecular weight excluding hydrogens is 371 g/mol. The van der Waals surface area contributed by atoms with Crippen LogP contribution in [0.2, 0.25) is 19.6 Å². The molecule has 0 unspecified atom stereocenters. The second-order valence-electron chi connectivity index (χ2n) is 7.66. The van der Waals surface area contributed by atoms with Crippen molar-refractivity contribution in [3.05, 3.63) is 28.3 Å². The van der Waals surface area contributed by atoms with Crippen LogP contribution in [0.15, 0.2) is 6.07 Å². The summed E-state index contributed by atoms with van der Waals surface area (Å²) in [5, 5.41) is 3.30. The molecule has 0 saturated carbocycles. The van der Waals surface area contributed by atoms with Crippen LogP contribution in [0.5, 0.6) is 5.75 Å². The summed E-state index contributed by atoms with van der Waals surface area (Å²) in [5.74, 6) is 3.22. The molecule has 1 heterocycles. The fraction of sp³-hybridized carbons (Fsp3) is 0.556. The van der Waals surface area contributed by atoms with E-state index in [1.807, 2.05) is 6.07 Å². The second-order valence-corrected chi connectivity index (χ2v) is 13.4. The van der Waals surface area contributed by atoms with E-state index in [4.69, 9.17) is 0 Å². The highest BCUT2D eigenvalue weighted by molar-refractivity contribution is 7.81. The Kier molecular flexibility index (Phi) is 6.50. The van der Waals surface area contributed by atoms with Gasteiger partial charge in [0.15, 0.2) is 5.75 Å². The molecule has 0 bridgehead atoms. The zero-order valence-electron chi connectivity index (χ0n) is 16.1. The summed E-state index contributed by atoms with van der Waals surface area (Å²) in [7, 11) is -6.71. The van der Waals surface area contributed by atoms with Gasteiger partial charge in [0.05, 0.1) is 0 Å². The lowest BCUT2D eigenvalue weighted by Crippen LogP contribution is -2.43. The van der Waals surface area contributed by atoms with Crippen molar-refractivity contribution in [2.75, 3.05) is 26.2 Å². The van der Waals surface area contributed by atoms with Crippen molar-refractivity contribution >= 4 is 18.6 Å². The summed E-state index contributed by atoms with van der Waals surface area (Å²) in [6, 6.07) is 1.98. The average Bonchev–Trinajstić information content (AvgIpc) is 2.52. The third-order valence-corrected chi connectivity index (χ3v) is 5.48. The van der Waals surface area contributed by atoms with Crippen molar-refractivity contribution in [3.8, 4) is 17.2 Å². The maximum atomic E-state index is 13.2. The van der Waals surface area contributed by atoms with Gasteiger partial charge >= 0.3 is 10.5 Å². The molecule has 1 aromatic rings. The molecular formula is C18H27FN2O3SSi. The molecule has 0 spiro atoms. The molecule has 1 saturated heterocycles. The van der Waals surface area contributed by atoms with Gasteiger partial charge in [0.1, 0.15) is 8.07 Å². The van der Waals surface area contributed by atoms with Gasteiger partial charge in [-0.15, -0.1) is 5.54 Å². The number of halogens is 1. The number of nitrogens with zero attached hydrogens (tertiary/aromatic N) is 1. The van der Waals surface area contributed by atoms with Gasteiger partial charge in [-0.1, -0.05) is 29.4 Å². The van der Waals surface area contributed by atoms with E-state index >= 15 is 0 Å². The maximum Gasteiger partial charge on any atom is 0.488 e. The Balaban J connectivity index is 2.51. The summed E-state index contributed by atoms with van der Waals surface area (Å²) in [4.78, 5) is 2.28. The van der Waals surface area contributed by atoms with Gasteiger partial charge in [0.2, 0.25) is 0 Å². The van der Waals surface area contributed by atoms with Gasteiger partial charge in [0.25, 0.3) is 0 Å². The Morgan fingerprint density at radius 2 is 1.85 bits per heavy atom. The van der Waals surface area contributed by atoms with Crippen LogP contribution in [-0.2, 0) is 17.0 Å². The van der Waals surface area contributed by atoms with E-state index in [1.54, 1.807) is 13.8 Å². The monoisotopic (exact) mass is 398 g/mol. The van der Waals surface area contributed by atoms with E-state index in [-0.39, 0.29) is 5.75 Å². The Labute approximate surface area is 157 Å². The van der Waals surface area contributed by atoms with Crippen molar-refractivity contribution in [1.82, 2.24) is 10.2 Å². The van der Waals surface area contributed by atoms with Crippen molar-refractivity contribution in [2.45, 2.75) is 40.0 Å². The van der Waals surface area contributed by atoms with E-state index in [1.165, 1.54) is 0 Å². The summed E-state index contributed by atoms with van der Waals surface area (Å²) in [6.45, 7) is 14.2.